The summed E-state index contributed by atoms with van der Waals surface area (Å²) in [6.45, 7) is 2.03. The lowest BCUT2D eigenvalue weighted by Crippen LogP contribution is -2.36. The Morgan fingerprint density at radius 3 is 1.50 bits per heavy atom. The van der Waals surface area contributed by atoms with Crippen molar-refractivity contribution in [2.45, 2.75) is 13.8 Å². The Morgan fingerprint density at radius 1 is 1.00 bits per heavy atom. The van der Waals surface area contributed by atoms with E-state index >= 15 is 0 Å². The maximum Gasteiger partial charge on any atom is 0.376 e. The molecule has 1 N–H and O–H groups in total. The first-order valence-electron chi connectivity index (χ1n) is 3.56. The first kappa shape index (κ1) is 13.7. The summed E-state index contributed by atoms with van der Waals surface area (Å²) in [5.41, 5.74) is 0. The van der Waals surface area contributed by atoms with Crippen molar-refractivity contribution in [3.63, 3.8) is 0 Å². The third-order valence-electron chi connectivity index (χ3n) is 0.916. The van der Waals surface area contributed by atoms with Gasteiger partial charge >= 0.3 is 20.6 Å². The molecule has 0 amide bonds. The van der Waals surface area contributed by atoms with Crippen LogP contribution < -0.4 is 0 Å². The molecule has 0 heterocycles. The lowest BCUT2D eigenvalue weighted by atomic mass is 10.9. The van der Waals surface area contributed by atoms with E-state index in [-0.39, 0.29) is 13.2 Å². The Kier molecular flexibility index (Phi) is 4.91. The molecule has 8 nitrogen and oxygen atoms in total. The van der Waals surface area contributed by atoms with Gasteiger partial charge < -0.3 is 0 Å². The lowest BCUT2D eigenvalue weighted by Gasteiger charge is -2.12. The zero-order valence-corrected chi connectivity index (χ0v) is 9.21. The van der Waals surface area contributed by atoms with Crippen molar-refractivity contribution in [2.24, 2.45) is 0 Å². The number of rotatable bonds is 6. The van der Waals surface area contributed by atoms with E-state index in [0.29, 0.717) is 0 Å². The highest BCUT2D eigenvalue weighted by molar-refractivity contribution is 7.99. The maximum absolute atomic E-state index is 10.8. The zero-order chi connectivity index (χ0) is 11.4. The molecule has 86 valence electrons. The van der Waals surface area contributed by atoms with Crippen molar-refractivity contribution < 1.29 is 30.4 Å². The van der Waals surface area contributed by atoms with Crippen molar-refractivity contribution >= 4 is 20.6 Å². The molecule has 0 aromatic heterocycles. The number of hydrogen-bond acceptors (Lipinski definition) is 7. The fraction of sp³-hybridized carbons (Fsp3) is 1.00. The topological polar surface area (TPSA) is 110 Å². The van der Waals surface area contributed by atoms with E-state index in [4.69, 9.17) is 5.21 Å². The summed E-state index contributed by atoms with van der Waals surface area (Å²) < 4.78 is 50.5. The minimum Gasteiger partial charge on any atom is -0.282 e. The van der Waals surface area contributed by atoms with Crippen molar-refractivity contribution in [2.75, 3.05) is 13.2 Å². The van der Waals surface area contributed by atoms with Gasteiger partial charge in [-0.15, -0.1) is 0 Å². The molecule has 0 saturated heterocycles. The molecule has 0 unspecified atom stereocenters. The summed E-state index contributed by atoms with van der Waals surface area (Å²) in [4.78, 5) is 0. The maximum atomic E-state index is 10.8. The molecule has 0 spiro atoms. The van der Waals surface area contributed by atoms with E-state index < -0.39 is 24.5 Å². The highest BCUT2D eigenvalue weighted by Gasteiger charge is 2.34. The second kappa shape index (κ2) is 5.00. The molecule has 0 aliphatic heterocycles. The van der Waals surface area contributed by atoms with Gasteiger partial charge in [0.05, 0.1) is 17.1 Å². The molecule has 0 aromatic rings. The molecule has 10 heteroatoms. The molecule has 0 fully saturated rings. The van der Waals surface area contributed by atoms with Gasteiger partial charge in [0.2, 0.25) is 0 Å². The van der Waals surface area contributed by atoms with Crippen LogP contribution >= 0.6 is 0 Å². The Morgan fingerprint density at radius 2 is 1.29 bits per heavy atom. The van der Waals surface area contributed by atoms with Gasteiger partial charge in [-0.2, -0.15) is 16.8 Å². The molecular formula is C4H11NO7S2. The smallest absolute Gasteiger partial charge is 0.282 e. The lowest BCUT2D eigenvalue weighted by molar-refractivity contribution is 0.0589. The second-order valence-corrected chi connectivity index (χ2v) is 5.01. The Balaban J connectivity index is 4.87. The highest BCUT2D eigenvalue weighted by Crippen LogP contribution is 2.08. The number of hydrogen-bond donors (Lipinski definition) is 1. The first-order valence-corrected chi connectivity index (χ1v) is 6.29. The standard InChI is InChI=1S/C4H11NO7S2/c1-3-11-13(7,8)5(6)14(9,10)12-4-2/h6H,3-4H2,1-2H3. The van der Waals surface area contributed by atoms with E-state index in [2.05, 4.69) is 8.37 Å². The Bertz CT molecular complexity index is 321. The first-order chi connectivity index (χ1) is 6.28. The predicted octanol–water partition coefficient (Wildman–Crippen LogP) is -0.760. The normalized spacial score (nSPS) is 13.4. The molecule has 0 saturated carbocycles. The van der Waals surface area contributed by atoms with Gasteiger partial charge in [0.15, 0.2) is 0 Å². The van der Waals surface area contributed by atoms with Crippen LogP contribution in [0.1, 0.15) is 13.8 Å². The molecule has 0 aliphatic carbocycles. The van der Waals surface area contributed by atoms with E-state index in [9.17, 15) is 16.8 Å². The molecule has 0 aromatic carbocycles. The van der Waals surface area contributed by atoms with Gasteiger partial charge in [0.1, 0.15) is 0 Å². The van der Waals surface area contributed by atoms with Crippen LogP contribution in [-0.4, -0.2) is 39.1 Å². The predicted molar refractivity (Wildman–Crippen MR) is 44.7 cm³/mol. The molecule has 0 rings (SSSR count). The van der Waals surface area contributed by atoms with Gasteiger partial charge in [-0.05, 0) is 13.8 Å². The van der Waals surface area contributed by atoms with Gasteiger partial charge in [-0.3, -0.25) is 13.6 Å². The molecular weight excluding hydrogens is 238 g/mol. The fourth-order valence-electron chi connectivity index (χ4n) is 0.500. The summed E-state index contributed by atoms with van der Waals surface area (Å²) in [5.74, 6) is 0. The fourth-order valence-corrected chi connectivity index (χ4v) is 2.43. The summed E-state index contributed by atoms with van der Waals surface area (Å²) in [6, 6.07) is 0. The summed E-state index contributed by atoms with van der Waals surface area (Å²) in [5, 5.41) is 8.77. The second-order valence-electron chi connectivity index (χ2n) is 1.91. The average Bonchev–Trinajstić information content (AvgIpc) is 2.02. The van der Waals surface area contributed by atoms with E-state index in [0.717, 1.165) is 0 Å². The van der Waals surface area contributed by atoms with Crippen LogP contribution in [0.25, 0.3) is 0 Å². The van der Waals surface area contributed by atoms with Gasteiger partial charge in [-0.25, -0.2) is 0 Å². The van der Waals surface area contributed by atoms with Gasteiger partial charge in [-0.1, -0.05) is 0 Å². The third-order valence-corrected chi connectivity index (χ3v) is 3.84. The van der Waals surface area contributed by atoms with Crippen molar-refractivity contribution in [1.29, 1.82) is 0 Å². The molecule has 0 bridgehead atoms. The summed E-state index contributed by atoms with van der Waals surface area (Å²) in [6.07, 6.45) is 0. The summed E-state index contributed by atoms with van der Waals surface area (Å²) >= 11 is 0. The molecule has 0 atom stereocenters. The van der Waals surface area contributed by atoms with Crippen LogP contribution in [0.5, 0.6) is 0 Å². The number of nitrogens with zero attached hydrogens (tertiary/aromatic N) is 1. The SMILES string of the molecule is CCOS(=O)(=O)N(O)S(=O)(=O)OCC. The van der Waals surface area contributed by atoms with Crippen LogP contribution in [0.4, 0.5) is 0 Å². The Labute approximate surface area is 82.5 Å². The largest absolute Gasteiger partial charge is 0.376 e. The molecule has 14 heavy (non-hydrogen) atoms. The minimum atomic E-state index is -4.71. The van der Waals surface area contributed by atoms with Crippen molar-refractivity contribution in [3.05, 3.63) is 0 Å². The van der Waals surface area contributed by atoms with E-state index in [1.165, 1.54) is 13.8 Å². The van der Waals surface area contributed by atoms with Gasteiger partial charge in [0, 0.05) is 0 Å². The minimum absolute atomic E-state index is 0.305. The monoisotopic (exact) mass is 249 g/mol. The third kappa shape index (κ3) is 3.48. The van der Waals surface area contributed by atoms with Crippen LogP contribution in [-0.2, 0) is 29.0 Å². The van der Waals surface area contributed by atoms with Crippen LogP contribution in [0.3, 0.4) is 0 Å². The quantitative estimate of drug-likeness (QED) is 0.616. The highest BCUT2D eigenvalue weighted by atomic mass is 32.3. The molecule has 0 radical (unpaired) electrons. The zero-order valence-electron chi connectivity index (χ0n) is 7.57. The van der Waals surface area contributed by atoms with Crippen LogP contribution in [0.2, 0.25) is 0 Å². The van der Waals surface area contributed by atoms with Gasteiger partial charge in [0.25, 0.3) is 0 Å². The van der Waals surface area contributed by atoms with Crippen molar-refractivity contribution in [1.82, 2.24) is 3.87 Å². The van der Waals surface area contributed by atoms with Crippen LogP contribution in [0, 0.1) is 0 Å². The molecule has 0 aliphatic rings. The Hall–Kier alpha value is -0.260. The average molecular weight is 249 g/mol. The summed E-state index contributed by atoms with van der Waals surface area (Å²) in [7, 11) is -9.43. The van der Waals surface area contributed by atoms with E-state index in [1.807, 2.05) is 0 Å². The van der Waals surface area contributed by atoms with Crippen molar-refractivity contribution in [3.8, 4) is 0 Å². The van der Waals surface area contributed by atoms with Crippen LogP contribution in [0.15, 0.2) is 0 Å². The van der Waals surface area contributed by atoms with E-state index in [1.54, 1.807) is 0 Å².